The summed E-state index contributed by atoms with van der Waals surface area (Å²) in [5, 5.41) is 18.2. The Bertz CT molecular complexity index is 1180. The van der Waals surface area contributed by atoms with Crippen molar-refractivity contribution in [2.75, 3.05) is 7.05 Å². The molecule has 9 heteroatoms. The quantitative estimate of drug-likeness (QED) is 0.496. The van der Waals surface area contributed by atoms with Crippen LogP contribution in [0.3, 0.4) is 0 Å². The Hall–Kier alpha value is -2.86. The van der Waals surface area contributed by atoms with E-state index in [1.807, 2.05) is 51.0 Å². The molecule has 3 aromatic rings. The van der Waals surface area contributed by atoms with Gasteiger partial charge in [0.25, 0.3) is 0 Å². The minimum Gasteiger partial charge on any atom is -0.444 e. The predicted molar refractivity (Wildman–Crippen MR) is 124 cm³/mol. The maximum atomic E-state index is 12.4. The first-order chi connectivity index (χ1) is 15.2. The molecule has 4 rings (SSSR count). The van der Waals surface area contributed by atoms with Crippen molar-refractivity contribution < 1.29 is 9.53 Å². The number of carbonyl (C=O) groups is 1. The molecule has 0 atom stereocenters. The molecule has 0 aromatic carbocycles. The van der Waals surface area contributed by atoms with E-state index in [0.717, 1.165) is 46.8 Å². The zero-order chi connectivity index (χ0) is 23.0. The molecule has 32 heavy (non-hydrogen) atoms. The van der Waals surface area contributed by atoms with Crippen molar-refractivity contribution in [3.8, 4) is 17.2 Å². The summed E-state index contributed by atoms with van der Waals surface area (Å²) in [6.45, 7) is 5.65. The summed E-state index contributed by atoms with van der Waals surface area (Å²) in [5.74, 6) is 0. The Morgan fingerprint density at radius 2 is 1.91 bits per heavy atom. The van der Waals surface area contributed by atoms with Crippen LogP contribution in [-0.2, 0) is 4.74 Å². The highest BCUT2D eigenvalue weighted by Crippen LogP contribution is 2.33. The lowest BCUT2D eigenvalue weighted by atomic mass is 9.90. The van der Waals surface area contributed by atoms with Crippen LogP contribution in [0.15, 0.2) is 35.3 Å². The third-order valence-corrected chi connectivity index (χ3v) is 6.49. The third-order valence-electron chi connectivity index (χ3n) is 5.89. The molecule has 1 saturated carbocycles. The average molecular weight is 499 g/mol. The molecule has 3 heterocycles. The number of fused-ring (bicyclic) bond motifs is 1. The molecule has 0 aliphatic heterocycles. The summed E-state index contributed by atoms with van der Waals surface area (Å²) in [6.07, 6.45) is 10.9. The Balaban J connectivity index is 1.44. The van der Waals surface area contributed by atoms with Crippen LogP contribution in [0, 0.1) is 11.3 Å². The highest BCUT2D eigenvalue weighted by Gasteiger charge is 2.30. The van der Waals surface area contributed by atoms with Crippen LogP contribution in [0.4, 0.5) is 4.79 Å². The van der Waals surface area contributed by atoms with E-state index in [9.17, 15) is 10.1 Å². The standard InChI is InChI=1S/C23H27BrN6O2/c1-23(2,3)32-22(31)28(4)18-5-7-19(8-6-18)29-14-17(12-26-29)15-9-20(24)21-16(10-25)11-27-30(21)13-15/h9,11-14,18-19H,5-8H2,1-4H3. The first-order valence-electron chi connectivity index (χ1n) is 10.7. The van der Waals surface area contributed by atoms with E-state index in [2.05, 4.69) is 38.4 Å². The smallest absolute Gasteiger partial charge is 0.410 e. The van der Waals surface area contributed by atoms with Crippen LogP contribution < -0.4 is 0 Å². The molecule has 1 aliphatic rings. The highest BCUT2D eigenvalue weighted by atomic mass is 79.9. The zero-order valence-corrected chi connectivity index (χ0v) is 20.3. The number of nitriles is 1. The molecule has 0 saturated heterocycles. The number of aromatic nitrogens is 4. The van der Waals surface area contributed by atoms with Gasteiger partial charge in [0.15, 0.2) is 0 Å². The molecular weight excluding hydrogens is 472 g/mol. The van der Waals surface area contributed by atoms with Gasteiger partial charge >= 0.3 is 6.09 Å². The first kappa shape index (κ1) is 22.3. The SMILES string of the molecule is CN(C(=O)OC(C)(C)C)C1CCC(n2cc(-c3cc(Br)c4c(C#N)cnn4c3)cn2)CC1. The van der Waals surface area contributed by atoms with Gasteiger partial charge in [-0.25, -0.2) is 9.31 Å². The monoisotopic (exact) mass is 498 g/mol. The van der Waals surface area contributed by atoms with Gasteiger partial charge in [0, 0.05) is 41.1 Å². The minimum atomic E-state index is -0.488. The Morgan fingerprint density at radius 1 is 1.19 bits per heavy atom. The van der Waals surface area contributed by atoms with Crippen LogP contribution in [0.25, 0.3) is 16.6 Å². The lowest BCUT2D eigenvalue weighted by Gasteiger charge is -2.35. The molecule has 0 bridgehead atoms. The van der Waals surface area contributed by atoms with Crippen LogP contribution in [-0.4, -0.2) is 49.1 Å². The van der Waals surface area contributed by atoms with Crippen molar-refractivity contribution in [2.24, 2.45) is 0 Å². The van der Waals surface area contributed by atoms with E-state index in [0.29, 0.717) is 11.6 Å². The Morgan fingerprint density at radius 3 is 2.56 bits per heavy atom. The summed E-state index contributed by atoms with van der Waals surface area (Å²) >= 11 is 3.57. The van der Waals surface area contributed by atoms with Crippen LogP contribution >= 0.6 is 15.9 Å². The number of nitrogens with zero attached hydrogens (tertiary/aromatic N) is 6. The van der Waals surface area contributed by atoms with Crippen molar-refractivity contribution in [1.29, 1.82) is 5.26 Å². The Labute approximate surface area is 195 Å². The maximum Gasteiger partial charge on any atom is 0.410 e. The van der Waals surface area contributed by atoms with Crippen molar-refractivity contribution in [3.63, 3.8) is 0 Å². The molecule has 8 nitrogen and oxygen atoms in total. The fraction of sp³-hybridized carbons (Fsp3) is 0.478. The highest BCUT2D eigenvalue weighted by molar-refractivity contribution is 9.10. The fourth-order valence-electron chi connectivity index (χ4n) is 4.19. The molecule has 1 amide bonds. The van der Waals surface area contributed by atoms with Gasteiger partial charge in [0.1, 0.15) is 11.7 Å². The summed E-state index contributed by atoms with van der Waals surface area (Å²) in [7, 11) is 1.83. The van der Waals surface area contributed by atoms with Crippen molar-refractivity contribution in [2.45, 2.75) is 64.1 Å². The van der Waals surface area contributed by atoms with Gasteiger partial charge in [-0.1, -0.05) is 0 Å². The molecule has 1 aliphatic carbocycles. The largest absolute Gasteiger partial charge is 0.444 e. The van der Waals surface area contributed by atoms with Crippen molar-refractivity contribution >= 4 is 27.5 Å². The lowest BCUT2D eigenvalue weighted by Crippen LogP contribution is -2.42. The second kappa shape index (κ2) is 8.58. The van der Waals surface area contributed by atoms with E-state index in [4.69, 9.17) is 4.74 Å². The number of hydrogen-bond acceptors (Lipinski definition) is 5. The summed E-state index contributed by atoms with van der Waals surface area (Å²) < 4.78 is 10.1. The normalized spacial score (nSPS) is 19.0. The Kier molecular flexibility index (Phi) is 5.99. The minimum absolute atomic E-state index is 0.184. The maximum absolute atomic E-state index is 12.4. The lowest BCUT2D eigenvalue weighted by molar-refractivity contribution is 0.0173. The van der Waals surface area contributed by atoms with Gasteiger partial charge in [0.05, 0.1) is 29.5 Å². The summed E-state index contributed by atoms with van der Waals surface area (Å²) in [5.41, 5.74) is 2.78. The van der Waals surface area contributed by atoms with E-state index >= 15 is 0 Å². The number of hydrogen-bond donors (Lipinski definition) is 0. The third kappa shape index (κ3) is 4.51. The van der Waals surface area contributed by atoms with Gasteiger partial charge in [-0.05, 0) is 68.5 Å². The number of amides is 1. The topological polar surface area (TPSA) is 88.5 Å². The van der Waals surface area contributed by atoms with Crippen molar-refractivity contribution in [1.82, 2.24) is 24.3 Å². The molecule has 0 radical (unpaired) electrons. The molecule has 168 valence electrons. The van der Waals surface area contributed by atoms with Gasteiger partial charge in [-0.3, -0.25) is 4.68 Å². The van der Waals surface area contributed by atoms with E-state index < -0.39 is 5.60 Å². The number of ether oxygens (including phenoxy) is 1. The van der Waals surface area contributed by atoms with Gasteiger partial charge in [-0.2, -0.15) is 15.5 Å². The number of halogens is 1. The molecule has 0 unspecified atom stereocenters. The molecule has 0 spiro atoms. The molecule has 1 fully saturated rings. The van der Waals surface area contributed by atoms with Crippen LogP contribution in [0.5, 0.6) is 0 Å². The predicted octanol–water partition coefficient (Wildman–Crippen LogP) is 5.18. The van der Waals surface area contributed by atoms with Crippen LogP contribution in [0.1, 0.15) is 58.1 Å². The summed E-state index contributed by atoms with van der Waals surface area (Å²) in [6, 6.07) is 4.64. The van der Waals surface area contributed by atoms with E-state index in [1.165, 1.54) is 0 Å². The number of rotatable bonds is 3. The summed E-state index contributed by atoms with van der Waals surface area (Å²) in [4.78, 5) is 14.1. The van der Waals surface area contributed by atoms with E-state index in [1.54, 1.807) is 15.6 Å². The number of pyridine rings is 1. The van der Waals surface area contributed by atoms with Crippen LogP contribution in [0.2, 0.25) is 0 Å². The van der Waals surface area contributed by atoms with Crippen molar-refractivity contribution in [3.05, 3.63) is 40.9 Å². The fourth-order valence-corrected chi connectivity index (χ4v) is 4.83. The van der Waals surface area contributed by atoms with E-state index in [-0.39, 0.29) is 12.1 Å². The zero-order valence-electron chi connectivity index (χ0n) is 18.7. The first-order valence-corrected chi connectivity index (χ1v) is 11.5. The molecular formula is C23H27BrN6O2. The average Bonchev–Trinajstić information content (AvgIpc) is 3.39. The molecule has 3 aromatic heterocycles. The van der Waals surface area contributed by atoms with Gasteiger partial charge in [-0.15, -0.1) is 0 Å². The number of carbonyl (C=O) groups excluding carboxylic acids is 1. The molecule has 0 N–H and O–H groups in total. The van der Waals surface area contributed by atoms with Gasteiger partial charge in [0.2, 0.25) is 0 Å². The van der Waals surface area contributed by atoms with Gasteiger partial charge < -0.3 is 9.64 Å². The second-order valence-electron chi connectivity index (χ2n) is 9.30. The second-order valence-corrected chi connectivity index (χ2v) is 10.2.